The highest BCUT2D eigenvalue weighted by Gasteiger charge is 2.57. The number of benzene rings is 1. The van der Waals surface area contributed by atoms with Crippen LogP contribution in [0.4, 0.5) is 4.39 Å². The van der Waals surface area contributed by atoms with Crippen molar-refractivity contribution in [2.45, 2.75) is 39.3 Å². The van der Waals surface area contributed by atoms with Crippen molar-refractivity contribution in [3.63, 3.8) is 0 Å². The fraction of sp³-hybridized carbons (Fsp3) is 0.333. The van der Waals surface area contributed by atoms with E-state index in [2.05, 4.69) is 23.8 Å². The Morgan fingerprint density at radius 2 is 1.92 bits per heavy atom. The first-order chi connectivity index (χ1) is 17.7. The predicted octanol–water partition coefficient (Wildman–Crippen LogP) is 2.93. The van der Waals surface area contributed by atoms with Crippen LogP contribution in [0.15, 0.2) is 48.9 Å². The van der Waals surface area contributed by atoms with Gasteiger partial charge in [0, 0.05) is 43.5 Å². The van der Waals surface area contributed by atoms with Crippen LogP contribution in [0.5, 0.6) is 0 Å². The Labute approximate surface area is 213 Å². The number of rotatable bonds is 3. The summed E-state index contributed by atoms with van der Waals surface area (Å²) in [6.45, 7) is 8.99. The molecule has 9 nitrogen and oxygen atoms in total. The number of halogens is 1. The number of amides is 2. The van der Waals surface area contributed by atoms with Crippen molar-refractivity contribution in [1.82, 2.24) is 29.4 Å². The zero-order valence-electron chi connectivity index (χ0n) is 21.1. The van der Waals surface area contributed by atoms with Crippen LogP contribution in [0.1, 0.15) is 58.9 Å². The minimum atomic E-state index is -0.802. The molecule has 0 N–H and O–H groups in total. The molecule has 2 aliphatic heterocycles. The van der Waals surface area contributed by atoms with Gasteiger partial charge in [-0.25, -0.2) is 14.4 Å². The molecule has 1 fully saturated rings. The van der Waals surface area contributed by atoms with E-state index in [1.165, 1.54) is 6.07 Å². The fourth-order valence-corrected chi connectivity index (χ4v) is 5.52. The number of imidazole rings is 1. The predicted molar refractivity (Wildman–Crippen MR) is 132 cm³/mol. The molecule has 1 atom stereocenters. The van der Waals surface area contributed by atoms with Crippen molar-refractivity contribution in [3.05, 3.63) is 77.4 Å². The minimum Gasteiger partial charge on any atom is -0.328 e. The molecule has 4 aromatic rings. The molecule has 0 bridgehead atoms. The lowest BCUT2D eigenvalue weighted by Gasteiger charge is -2.42. The van der Waals surface area contributed by atoms with Gasteiger partial charge in [-0.1, -0.05) is 23.5 Å². The molecule has 5 heterocycles. The summed E-state index contributed by atoms with van der Waals surface area (Å²) in [5.74, 6) is -0.364. The van der Waals surface area contributed by atoms with Crippen molar-refractivity contribution in [3.8, 4) is 11.3 Å². The van der Waals surface area contributed by atoms with Gasteiger partial charge in [-0.3, -0.25) is 14.5 Å². The second kappa shape index (κ2) is 8.16. The topological polar surface area (TPSA) is 87.6 Å². The van der Waals surface area contributed by atoms with Gasteiger partial charge in [-0.15, -0.1) is 0 Å². The molecule has 2 amide bonds. The van der Waals surface area contributed by atoms with Crippen molar-refractivity contribution < 1.29 is 18.5 Å². The van der Waals surface area contributed by atoms with Crippen LogP contribution in [0, 0.1) is 12.7 Å². The summed E-state index contributed by atoms with van der Waals surface area (Å²) in [5, 5.41) is 4.83. The Balaban J connectivity index is 1.49. The van der Waals surface area contributed by atoms with Gasteiger partial charge >= 0.3 is 11.6 Å². The number of hydrogen-bond acceptors (Lipinski definition) is 5. The summed E-state index contributed by atoms with van der Waals surface area (Å²) in [6, 6.07) is 8.63. The summed E-state index contributed by atoms with van der Waals surface area (Å²) < 4.78 is 17.7. The standard InChI is InChI=1S/C27H27FN7O2/c1-16(2)19-13-21(18-6-7-20(28)17(3)12-18)31-34-14-22-25(36)33-11-10-32(15-27(33,4)35(22)24(19)34)26(37)23-29-8-5-9-30-23/h5-9,12-14,16H,10-11,15H2,1-4H3/q+1. The molecule has 2 aliphatic rings. The van der Waals surface area contributed by atoms with E-state index in [9.17, 15) is 14.0 Å². The first kappa shape index (κ1) is 23.2. The van der Waals surface area contributed by atoms with Gasteiger partial charge < -0.3 is 4.90 Å². The van der Waals surface area contributed by atoms with Crippen LogP contribution in [-0.2, 0) is 5.66 Å². The maximum atomic E-state index is 13.9. The molecule has 3 aromatic heterocycles. The van der Waals surface area contributed by atoms with Gasteiger partial charge in [0.15, 0.2) is 6.20 Å². The van der Waals surface area contributed by atoms with Crippen molar-refractivity contribution in [1.29, 1.82) is 0 Å². The Hall–Kier alpha value is -4.21. The van der Waals surface area contributed by atoms with Gasteiger partial charge in [0.1, 0.15) is 11.5 Å². The summed E-state index contributed by atoms with van der Waals surface area (Å²) in [4.78, 5) is 38.5. The van der Waals surface area contributed by atoms with E-state index in [0.29, 0.717) is 36.6 Å². The van der Waals surface area contributed by atoms with Crippen LogP contribution in [0.3, 0.4) is 0 Å². The zero-order chi connectivity index (χ0) is 26.1. The fourth-order valence-electron chi connectivity index (χ4n) is 5.52. The van der Waals surface area contributed by atoms with Crippen LogP contribution in [0.25, 0.3) is 16.9 Å². The Bertz CT molecular complexity index is 1580. The summed E-state index contributed by atoms with van der Waals surface area (Å²) in [5.41, 5.74) is 3.57. The number of piperazine rings is 1. The molecule has 1 saturated heterocycles. The highest BCUT2D eigenvalue weighted by molar-refractivity contribution is 5.94. The first-order valence-electron chi connectivity index (χ1n) is 12.3. The molecular formula is C27H27FN7O2+. The molecule has 1 unspecified atom stereocenters. The van der Waals surface area contributed by atoms with E-state index in [-0.39, 0.29) is 29.4 Å². The summed E-state index contributed by atoms with van der Waals surface area (Å²) in [7, 11) is 0. The normalized spacial score (nSPS) is 19.0. The number of aryl methyl sites for hydroxylation is 1. The molecular weight excluding hydrogens is 473 g/mol. The van der Waals surface area contributed by atoms with E-state index in [4.69, 9.17) is 5.10 Å². The molecule has 6 rings (SSSR count). The summed E-state index contributed by atoms with van der Waals surface area (Å²) in [6.07, 6.45) is 4.86. The van der Waals surface area contributed by atoms with E-state index in [1.807, 2.05) is 22.5 Å². The molecule has 1 aromatic carbocycles. The van der Waals surface area contributed by atoms with E-state index >= 15 is 0 Å². The third-order valence-electron chi connectivity index (χ3n) is 7.41. The maximum absolute atomic E-state index is 13.9. The highest BCUT2D eigenvalue weighted by Crippen LogP contribution is 2.34. The van der Waals surface area contributed by atoms with Gasteiger partial charge in [-0.2, -0.15) is 4.57 Å². The number of nitrogens with zero attached hydrogens (tertiary/aromatic N) is 7. The second-order valence-electron chi connectivity index (χ2n) is 10.2. The maximum Gasteiger partial charge on any atom is 0.313 e. The molecule has 37 heavy (non-hydrogen) atoms. The third kappa shape index (κ3) is 3.42. The van der Waals surface area contributed by atoms with Crippen molar-refractivity contribution in [2.24, 2.45) is 0 Å². The van der Waals surface area contributed by atoms with Gasteiger partial charge in [0.05, 0.1) is 6.54 Å². The third-order valence-corrected chi connectivity index (χ3v) is 7.41. The van der Waals surface area contributed by atoms with Crippen LogP contribution < -0.4 is 4.57 Å². The zero-order valence-corrected chi connectivity index (χ0v) is 21.1. The molecule has 0 radical (unpaired) electrons. The van der Waals surface area contributed by atoms with Crippen molar-refractivity contribution >= 4 is 17.5 Å². The van der Waals surface area contributed by atoms with E-state index in [1.54, 1.807) is 53.1 Å². The lowest BCUT2D eigenvalue weighted by atomic mass is 10.0. The van der Waals surface area contributed by atoms with Crippen LogP contribution in [0.2, 0.25) is 0 Å². The number of carbonyl (C=O) groups is 2. The number of hydrogen-bond donors (Lipinski definition) is 0. The SMILES string of the molecule is Cc1cc(-c2cc(C(C)C)c3n(cc4[n+]3C3(C)CN(C(=O)c5ncccn5)CCN3C4=O)n2)ccc1F. The van der Waals surface area contributed by atoms with Crippen LogP contribution >= 0.6 is 0 Å². The largest absolute Gasteiger partial charge is 0.328 e. The smallest absolute Gasteiger partial charge is 0.313 e. The van der Waals surface area contributed by atoms with E-state index in [0.717, 1.165) is 16.8 Å². The highest BCUT2D eigenvalue weighted by atomic mass is 19.1. The molecule has 10 heteroatoms. The molecule has 0 saturated carbocycles. The minimum absolute atomic E-state index is 0.0926. The lowest BCUT2D eigenvalue weighted by molar-refractivity contribution is -0.749. The number of aromatic nitrogens is 5. The first-order valence-corrected chi connectivity index (χ1v) is 12.3. The number of fused-ring (bicyclic) bond motifs is 5. The molecule has 0 aliphatic carbocycles. The Morgan fingerprint density at radius 1 is 1.16 bits per heavy atom. The Morgan fingerprint density at radius 3 is 2.62 bits per heavy atom. The van der Waals surface area contributed by atoms with Gasteiger partial charge in [-0.05, 0) is 48.7 Å². The number of carbonyl (C=O) groups excluding carboxylic acids is 2. The Kier molecular flexibility index (Phi) is 5.11. The second-order valence-corrected chi connectivity index (χ2v) is 10.2. The van der Waals surface area contributed by atoms with Crippen molar-refractivity contribution in [2.75, 3.05) is 19.6 Å². The average molecular weight is 501 g/mol. The summed E-state index contributed by atoms with van der Waals surface area (Å²) >= 11 is 0. The van der Waals surface area contributed by atoms with Gasteiger partial charge in [0.2, 0.25) is 17.2 Å². The average Bonchev–Trinajstić information content (AvgIpc) is 3.38. The van der Waals surface area contributed by atoms with E-state index < -0.39 is 5.66 Å². The lowest BCUT2D eigenvalue weighted by Crippen LogP contribution is -2.69. The molecule has 0 spiro atoms. The molecule has 188 valence electrons. The van der Waals surface area contributed by atoms with Crippen LogP contribution in [-0.4, -0.2) is 60.8 Å². The monoisotopic (exact) mass is 500 g/mol. The quantitative estimate of drug-likeness (QED) is 0.404. The van der Waals surface area contributed by atoms with Gasteiger partial charge in [0.25, 0.3) is 5.91 Å².